The number of hydrogen-bond acceptors (Lipinski definition) is 4. The molecule has 1 aliphatic rings. The van der Waals surface area contributed by atoms with Gasteiger partial charge in [0, 0.05) is 37.8 Å². The molecule has 1 saturated heterocycles. The van der Waals surface area contributed by atoms with Crippen molar-refractivity contribution >= 4 is 23.4 Å². The lowest BCUT2D eigenvalue weighted by molar-refractivity contribution is -0.137. The number of nitrogens with zero attached hydrogens (tertiary/aromatic N) is 2. The van der Waals surface area contributed by atoms with Crippen LogP contribution >= 0.6 is 0 Å². The van der Waals surface area contributed by atoms with Gasteiger partial charge in [-0.1, -0.05) is 24.3 Å². The standard InChI is InChI=1S/C27H29N3O4/c1-18-6-4-8-24(19(18)2)30-16-22(14-25(30)31)27(33)29(17-23-7-5-13-34-23)15-20-9-11-21(12-10-20)26(32)28-3/h4-13,22H,14-17H2,1-3H3,(H,28,32). The third-order valence-corrected chi connectivity index (χ3v) is 6.40. The minimum absolute atomic E-state index is 0.0417. The maximum Gasteiger partial charge on any atom is 0.251 e. The Morgan fingerprint density at radius 2 is 1.82 bits per heavy atom. The van der Waals surface area contributed by atoms with Crippen molar-refractivity contribution in [3.63, 3.8) is 0 Å². The van der Waals surface area contributed by atoms with Crippen LogP contribution in [0.1, 0.15) is 39.2 Å². The molecule has 4 rings (SSSR count). The average molecular weight is 460 g/mol. The van der Waals surface area contributed by atoms with Crippen molar-refractivity contribution < 1.29 is 18.8 Å². The smallest absolute Gasteiger partial charge is 0.251 e. The highest BCUT2D eigenvalue weighted by Gasteiger charge is 2.38. The molecule has 0 bridgehead atoms. The predicted molar refractivity (Wildman–Crippen MR) is 129 cm³/mol. The molecule has 0 radical (unpaired) electrons. The van der Waals surface area contributed by atoms with Crippen molar-refractivity contribution in [2.75, 3.05) is 18.5 Å². The molecule has 7 heteroatoms. The molecule has 1 aliphatic heterocycles. The topological polar surface area (TPSA) is 82.9 Å². The van der Waals surface area contributed by atoms with Crippen LogP contribution in [0.15, 0.2) is 65.3 Å². The molecule has 1 aromatic heterocycles. The van der Waals surface area contributed by atoms with E-state index in [9.17, 15) is 14.4 Å². The first-order chi connectivity index (χ1) is 16.4. The zero-order valence-corrected chi connectivity index (χ0v) is 19.7. The van der Waals surface area contributed by atoms with Crippen molar-refractivity contribution in [2.45, 2.75) is 33.4 Å². The van der Waals surface area contributed by atoms with Crippen LogP contribution in [0.4, 0.5) is 5.69 Å². The molecular formula is C27H29N3O4. The Labute approximate surface area is 199 Å². The summed E-state index contributed by atoms with van der Waals surface area (Å²) in [5.41, 5.74) is 4.47. The fourth-order valence-corrected chi connectivity index (χ4v) is 4.32. The van der Waals surface area contributed by atoms with Crippen LogP contribution in [0.25, 0.3) is 0 Å². The monoisotopic (exact) mass is 459 g/mol. The molecule has 0 spiro atoms. The zero-order valence-electron chi connectivity index (χ0n) is 19.7. The summed E-state index contributed by atoms with van der Waals surface area (Å²) in [4.78, 5) is 41.8. The van der Waals surface area contributed by atoms with Gasteiger partial charge in [-0.2, -0.15) is 0 Å². The van der Waals surface area contributed by atoms with Gasteiger partial charge in [-0.3, -0.25) is 14.4 Å². The van der Waals surface area contributed by atoms with E-state index in [-0.39, 0.29) is 24.1 Å². The Morgan fingerprint density at radius 1 is 1.06 bits per heavy atom. The van der Waals surface area contributed by atoms with E-state index in [4.69, 9.17) is 4.42 Å². The molecule has 7 nitrogen and oxygen atoms in total. The predicted octanol–water partition coefficient (Wildman–Crippen LogP) is 3.84. The number of aryl methyl sites for hydroxylation is 1. The van der Waals surface area contributed by atoms with Crippen LogP contribution in [0.5, 0.6) is 0 Å². The number of hydrogen-bond donors (Lipinski definition) is 1. The molecule has 3 aromatic rings. The lowest BCUT2D eigenvalue weighted by atomic mass is 10.1. The molecule has 3 amide bonds. The first-order valence-corrected chi connectivity index (χ1v) is 11.4. The van der Waals surface area contributed by atoms with Crippen LogP contribution in [0, 0.1) is 19.8 Å². The van der Waals surface area contributed by atoms with Gasteiger partial charge in [0.05, 0.1) is 18.7 Å². The minimum atomic E-state index is -0.437. The molecular weight excluding hydrogens is 430 g/mol. The number of rotatable bonds is 7. The van der Waals surface area contributed by atoms with E-state index in [1.165, 1.54) is 0 Å². The summed E-state index contributed by atoms with van der Waals surface area (Å²) in [6.45, 7) is 5.02. The van der Waals surface area contributed by atoms with E-state index in [0.29, 0.717) is 31.0 Å². The van der Waals surface area contributed by atoms with Gasteiger partial charge in [-0.05, 0) is 60.9 Å². The van der Waals surface area contributed by atoms with Gasteiger partial charge in [0.25, 0.3) is 5.91 Å². The molecule has 2 heterocycles. The lowest BCUT2D eigenvalue weighted by Gasteiger charge is -2.25. The fourth-order valence-electron chi connectivity index (χ4n) is 4.32. The Morgan fingerprint density at radius 3 is 2.50 bits per heavy atom. The maximum atomic E-state index is 13.6. The summed E-state index contributed by atoms with van der Waals surface area (Å²) in [7, 11) is 1.59. The summed E-state index contributed by atoms with van der Waals surface area (Å²) in [5, 5.41) is 2.60. The highest BCUT2D eigenvalue weighted by Crippen LogP contribution is 2.30. The van der Waals surface area contributed by atoms with E-state index in [0.717, 1.165) is 22.4 Å². The number of amides is 3. The average Bonchev–Trinajstić information content (AvgIpc) is 3.49. The van der Waals surface area contributed by atoms with Crippen molar-refractivity contribution in [1.82, 2.24) is 10.2 Å². The van der Waals surface area contributed by atoms with Crippen LogP contribution in [0.3, 0.4) is 0 Å². The lowest BCUT2D eigenvalue weighted by Crippen LogP contribution is -2.36. The molecule has 176 valence electrons. The number of benzene rings is 2. The van der Waals surface area contributed by atoms with Crippen molar-refractivity contribution in [3.05, 3.63) is 88.9 Å². The molecule has 1 atom stereocenters. The van der Waals surface area contributed by atoms with E-state index in [1.807, 2.05) is 50.2 Å². The minimum Gasteiger partial charge on any atom is -0.467 e. The van der Waals surface area contributed by atoms with Gasteiger partial charge < -0.3 is 19.5 Å². The molecule has 1 fully saturated rings. The molecule has 1 unspecified atom stereocenters. The molecule has 1 N–H and O–H groups in total. The van der Waals surface area contributed by atoms with Gasteiger partial charge >= 0.3 is 0 Å². The highest BCUT2D eigenvalue weighted by molar-refractivity contribution is 6.01. The summed E-state index contributed by atoms with van der Waals surface area (Å²) in [5.74, 6) is -0.0579. The second-order valence-corrected chi connectivity index (χ2v) is 8.67. The highest BCUT2D eigenvalue weighted by atomic mass is 16.3. The third kappa shape index (κ3) is 4.88. The van der Waals surface area contributed by atoms with Gasteiger partial charge in [-0.25, -0.2) is 0 Å². The van der Waals surface area contributed by atoms with Crippen LogP contribution in [0.2, 0.25) is 0 Å². The Balaban J connectivity index is 1.54. The molecule has 0 aliphatic carbocycles. The van der Waals surface area contributed by atoms with E-state index >= 15 is 0 Å². The zero-order chi connectivity index (χ0) is 24.2. The fraction of sp³-hybridized carbons (Fsp3) is 0.296. The first-order valence-electron chi connectivity index (χ1n) is 11.4. The Bertz CT molecular complexity index is 1190. The van der Waals surface area contributed by atoms with E-state index in [1.54, 1.807) is 41.3 Å². The van der Waals surface area contributed by atoms with E-state index in [2.05, 4.69) is 5.32 Å². The number of furan rings is 1. The molecule has 34 heavy (non-hydrogen) atoms. The van der Waals surface area contributed by atoms with Gasteiger partial charge in [-0.15, -0.1) is 0 Å². The summed E-state index contributed by atoms with van der Waals surface area (Å²) >= 11 is 0. The van der Waals surface area contributed by atoms with Gasteiger partial charge in [0.1, 0.15) is 5.76 Å². The second-order valence-electron chi connectivity index (χ2n) is 8.67. The number of nitrogens with one attached hydrogen (secondary N) is 1. The quantitative estimate of drug-likeness (QED) is 0.582. The van der Waals surface area contributed by atoms with Crippen LogP contribution < -0.4 is 10.2 Å². The van der Waals surface area contributed by atoms with Crippen molar-refractivity contribution in [2.24, 2.45) is 5.92 Å². The summed E-state index contributed by atoms with van der Waals surface area (Å²) in [6, 6.07) is 16.7. The summed E-state index contributed by atoms with van der Waals surface area (Å²) in [6.07, 6.45) is 1.76. The number of carbonyl (C=O) groups excluding carboxylic acids is 3. The van der Waals surface area contributed by atoms with Crippen molar-refractivity contribution in [1.29, 1.82) is 0 Å². The van der Waals surface area contributed by atoms with E-state index < -0.39 is 5.92 Å². The van der Waals surface area contributed by atoms with Crippen molar-refractivity contribution in [3.8, 4) is 0 Å². The van der Waals surface area contributed by atoms with Gasteiger partial charge in [0.15, 0.2) is 0 Å². The van der Waals surface area contributed by atoms with Gasteiger partial charge in [0.2, 0.25) is 11.8 Å². The van der Waals surface area contributed by atoms with Crippen LogP contribution in [-0.4, -0.2) is 36.2 Å². The summed E-state index contributed by atoms with van der Waals surface area (Å²) < 4.78 is 5.50. The number of anilines is 1. The number of carbonyl (C=O) groups is 3. The third-order valence-electron chi connectivity index (χ3n) is 6.40. The second kappa shape index (κ2) is 9.95. The maximum absolute atomic E-state index is 13.6. The normalized spacial score (nSPS) is 15.4. The SMILES string of the molecule is CNC(=O)c1ccc(CN(Cc2ccco2)C(=O)C2CC(=O)N(c3cccc(C)c3C)C2)cc1. The van der Waals surface area contributed by atoms with Crippen LogP contribution in [-0.2, 0) is 22.7 Å². The first kappa shape index (κ1) is 23.3. The molecule has 0 saturated carbocycles. The molecule has 2 aromatic carbocycles. The Kier molecular flexibility index (Phi) is 6.82. The largest absolute Gasteiger partial charge is 0.467 e. The Hall–Kier alpha value is -3.87.